The van der Waals surface area contributed by atoms with Crippen molar-refractivity contribution in [3.8, 4) is 0 Å². The minimum Gasteiger partial charge on any atom is -0.468 e. The average Bonchev–Trinajstić information content (AvgIpc) is 2.15. The Kier molecular flexibility index (Phi) is 6.54. The highest BCUT2D eigenvalue weighted by atomic mass is 16.5. The molecule has 4 heteroatoms. The Balaban J connectivity index is 4.08. The molecule has 1 N–H and O–H groups in total. The summed E-state index contributed by atoms with van der Waals surface area (Å²) in [5.41, 5.74) is 0. The van der Waals surface area contributed by atoms with Crippen LogP contribution in [0.5, 0.6) is 0 Å². The summed E-state index contributed by atoms with van der Waals surface area (Å²) in [6, 6.07) is -0.267. The van der Waals surface area contributed by atoms with E-state index in [2.05, 4.69) is 4.74 Å². The van der Waals surface area contributed by atoms with Gasteiger partial charge in [0.2, 0.25) is 0 Å². The number of aliphatic hydroxyl groups is 1. The van der Waals surface area contributed by atoms with Gasteiger partial charge in [0.1, 0.15) is 6.04 Å². The van der Waals surface area contributed by atoms with E-state index in [-0.39, 0.29) is 18.6 Å². The van der Waals surface area contributed by atoms with Gasteiger partial charge in [0.15, 0.2) is 0 Å². The van der Waals surface area contributed by atoms with Crippen LogP contribution >= 0.6 is 0 Å². The number of carbonyl (C=O) groups excluding carboxylic acids is 1. The van der Waals surface area contributed by atoms with Crippen molar-refractivity contribution < 1.29 is 14.6 Å². The predicted octanol–water partition coefficient (Wildman–Crippen LogP) is 0.252. The van der Waals surface area contributed by atoms with E-state index in [1.807, 2.05) is 11.8 Å². The highest BCUT2D eigenvalue weighted by molar-refractivity contribution is 5.75. The fourth-order valence-electron chi connectivity index (χ4n) is 1.23. The van der Waals surface area contributed by atoms with Crippen molar-refractivity contribution in [2.45, 2.75) is 26.3 Å². The minimum absolute atomic E-state index is 0.0708. The van der Waals surface area contributed by atoms with Crippen LogP contribution in [0, 0.1) is 0 Å². The first-order valence-corrected chi connectivity index (χ1v) is 4.60. The van der Waals surface area contributed by atoms with Crippen molar-refractivity contribution in [3.63, 3.8) is 0 Å². The minimum atomic E-state index is -0.267. The second kappa shape index (κ2) is 6.86. The number of methoxy groups -OCH3 is 1. The zero-order valence-corrected chi connectivity index (χ0v) is 8.62. The third kappa shape index (κ3) is 4.24. The van der Waals surface area contributed by atoms with E-state index in [0.29, 0.717) is 6.54 Å². The second-order valence-corrected chi connectivity index (χ2v) is 2.96. The fraction of sp³-hybridized carbons (Fsp3) is 0.889. The monoisotopic (exact) mass is 189 g/mol. The molecule has 1 unspecified atom stereocenters. The topological polar surface area (TPSA) is 49.8 Å². The maximum atomic E-state index is 11.2. The third-order valence-electron chi connectivity index (χ3n) is 1.99. The molecular weight excluding hydrogens is 170 g/mol. The summed E-state index contributed by atoms with van der Waals surface area (Å²) in [5, 5.41) is 8.77. The van der Waals surface area contributed by atoms with E-state index >= 15 is 0 Å². The molecule has 4 nitrogen and oxygen atoms in total. The van der Waals surface area contributed by atoms with E-state index in [0.717, 1.165) is 13.0 Å². The smallest absolute Gasteiger partial charge is 0.322 e. The van der Waals surface area contributed by atoms with Gasteiger partial charge in [0, 0.05) is 6.54 Å². The average molecular weight is 189 g/mol. The molecule has 0 aliphatic rings. The zero-order chi connectivity index (χ0) is 10.3. The Morgan fingerprint density at radius 2 is 2.15 bits per heavy atom. The van der Waals surface area contributed by atoms with Gasteiger partial charge in [-0.2, -0.15) is 0 Å². The summed E-state index contributed by atoms with van der Waals surface area (Å²) < 4.78 is 4.62. The molecule has 0 rings (SSSR count). The van der Waals surface area contributed by atoms with Crippen LogP contribution in [0.3, 0.4) is 0 Å². The van der Waals surface area contributed by atoms with Crippen molar-refractivity contribution in [1.82, 2.24) is 4.90 Å². The second-order valence-electron chi connectivity index (χ2n) is 2.96. The first kappa shape index (κ1) is 12.4. The van der Waals surface area contributed by atoms with Gasteiger partial charge in [-0.05, 0) is 19.9 Å². The van der Waals surface area contributed by atoms with Crippen molar-refractivity contribution in [1.29, 1.82) is 0 Å². The first-order chi connectivity index (χ1) is 6.17. The largest absolute Gasteiger partial charge is 0.468 e. The molecule has 0 aromatic rings. The molecule has 0 heterocycles. The SMILES string of the molecule is CCCN(CCO)C(C)C(=O)OC. The molecule has 0 fully saturated rings. The lowest BCUT2D eigenvalue weighted by Gasteiger charge is -2.25. The molecule has 0 aliphatic heterocycles. The van der Waals surface area contributed by atoms with Crippen LogP contribution in [0.4, 0.5) is 0 Å². The van der Waals surface area contributed by atoms with Crippen LogP contribution in [0.1, 0.15) is 20.3 Å². The number of esters is 1. The standard InChI is InChI=1S/C9H19NO3/c1-4-5-10(6-7-11)8(2)9(12)13-3/h8,11H,4-7H2,1-3H3. The zero-order valence-electron chi connectivity index (χ0n) is 8.62. The molecule has 0 bridgehead atoms. The molecule has 13 heavy (non-hydrogen) atoms. The molecule has 78 valence electrons. The quantitative estimate of drug-likeness (QED) is 0.609. The number of nitrogens with zero attached hydrogens (tertiary/aromatic N) is 1. The highest BCUT2D eigenvalue weighted by Crippen LogP contribution is 2.01. The molecular formula is C9H19NO3. The van der Waals surface area contributed by atoms with E-state index in [9.17, 15) is 4.79 Å². The summed E-state index contributed by atoms with van der Waals surface area (Å²) in [7, 11) is 1.38. The molecule has 1 atom stereocenters. The van der Waals surface area contributed by atoms with E-state index in [1.165, 1.54) is 7.11 Å². The van der Waals surface area contributed by atoms with Crippen LogP contribution in [-0.4, -0.2) is 48.8 Å². The molecule has 0 spiro atoms. The van der Waals surface area contributed by atoms with E-state index < -0.39 is 0 Å². The lowest BCUT2D eigenvalue weighted by atomic mass is 10.2. The molecule has 0 aliphatic carbocycles. The number of aliphatic hydroxyl groups excluding tert-OH is 1. The van der Waals surface area contributed by atoms with Crippen molar-refractivity contribution >= 4 is 5.97 Å². The summed E-state index contributed by atoms with van der Waals surface area (Å²) in [6.45, 7) is 5.22. The van der Waals surface area contributed by atoms with Gasteiger partial charge < -0.3 is 9.84 Å². The maximum Gasteiger partial charge on any atom is 0.322 e. The van der Waals surface area contributed by atoms with Crippen LogP contribution in [-0.2, 0) is 9.53 Å². The molecule has 0 saturated heterocycles. The van der Waals surface area contributed by atoms with Crippen molar-refractivity contribution in [2.75, 3.05) is 26.8 Å². The normalized spacial score (nSPS) is 13.0. The fourth-order valence-corrected chi connectivity index (χ4v) is 1.23. The summed E-state index contributed by atoms with van der Waals surface area (Å²) in [5.74, 6) is -0.248. The van der Waals surface area contributed by atoms with Gasteiger partial charge >= 0.3 is 5.97 Å². The summed E-state index contributed by atoms with van der Waals surface area (Å²) in [4.78, 5) is 13.1. The van der Waals surface area contributed by atoms with E-state index in [4.69, 9.17) is 5.11 Å². The summed E-state index contributed by atoms with van der Waals surface area (Å²) in [6.07, 6.45) is 0.960. The molecule has 0 amide bonds. The van der Waals surface area contributed by atoms with Crippen LogP contribution in [0.25, 0.3) is 0 Å². The Morgan fingerprint density at radius 3 is 2.54 bits per heavy atom. The van der Waals surface area contributed by atoms with Gasteiger partial charge in [0.05, 0.1) is 13.7 Å². The van der Waals surface area contributed by atoms with Gasteiger partial charge in [-0.1, -0.05) is 6.92 Å². The Morgan fingerprint density at radius 1 is 1.54 bits per heavy atom. The molecule has 0 aromatic carbocycles. The number of ether oxygens (including phenoxy) is 1. The molecule has 0 saturated carbocycles. The van der Waals surface area contributed by atoms with Crippen LogP contribution in [0.15, 0.2) is 0 Å². The summed E-state index contributed by atoms with van der Waals surface area (Å²) >= 11 is 0. The predicted molar refractivity (Wildman–Crippen MR) is 50.4 cm³/mol. The van der Waals surface area contributed by atoms with Crippen LogP contribution in [0.2, 0.25) is 0 Å². The third-order valence-corrected chi connectivity index (χ3v) is 1.99. The Hall–Kier alpha value is -0.610. The lowest BCUT2D eigenvalue weighted by Crippen LogP contribution is -2.41. The lowest BCUT2D eigenvalue weighted by molar-refractivity contribution is -0.146. The Bertz CT molecular complexity index is 144. The van der Waals surface area contributed by atoms with Gasteiger partial charge in [0.25, 0.3) is 0 Å². The van der Waals surface area contributed by atoms with Crippen molar-refractivity contribution in [3.05, 3.63) is 0 Å². The van der Waals surface area contributed by atoms with Gasteiger partial charge in [-0.3, -0.25) is 9.69 Å². The molecule has 0 aromatic heterocycles. The first-order valence-electron chi connectivity index (χ1n) is 4.60. The molecule has 0 radical (unpaired) electrons. The highest BCUT2D eigenvalue weighted by Gasteiger charge is 2.20. The Labute approximate surface area is 79.5 Å². The maximum absolute atomic E-state index is 11.2. The van der Waals surface area contributed by atoms with Crippen LogP contribution < -0.4 is 0 Å². The van der Waals surface area contributed by atoms with Gasteiger partial charge in [-0.25, -0.2) is 0 Å². The van der Waals surface area contributed by atoms with Crippen molar-refractivity contribution in [2.24, 2.45) is 0 Å². The number of rotatable bonds is 6. The number of carbonyl (C=O) groups is 1. The number of hydrogen-bond donors (Lipinski definition) is 1. The van der Waals surface area contributed by atoms with E-state index in [1.54, 1.807) is 6.92 Å². The van der Waals surface area contributed by atoms with Gasteiger partial charge in [-0.15, -0.1) is 0 Å². The number of hydrogen-bond acceptors (Lipinski definition) is 4.